The van der Waals surface area contributed by atoms with Crippen LogP contribution in [0.5, 0.6) is 0 Å². The van der Waals surface area contributed by atoms with Crippen molar-refractivity contribution < 1.29 is 0 Å². The Morgan fingerprint density at radius 3 is 2.70 bits per heavy atom. The molecule has 60 valence electrons. The van der Waals surface area contributed by atoms with Crippen molar-refractivity contribution in [1.82, 2.24) is 5.32 Å². The van der Waals surface area contributed by atoms with Gasteiger partial charge in [-0.3, -0.25) is 0 Å². The Bertz CT molecular complexity index is 76.8. The van der Waals surface area contributed by atoms with Crippen LogP contribution in [0.25, 0.3) is 0 Å². The van der Waals surface area contributed by atoms with Crippen LogP contribution >= 0.6 is 0 Å². The third-order valence-electron chi connectivity index (χ3n) is 1.43. The van der Waals surface area contributed by atoms with E-state index in [0.717, 1.165) is 6.54 Å². The van der Waals surface area contributed by atoms with Gasteiger partial charge in [0.15, 0.2) is 0 Å². The minimum absolute atomic E-state index is 1.13. The van der Waals surface area contributed by atoms with E-state index in [9.17, 15) is 0 Å². The molecule has 0 aliphatic rings. The number of unbranched alkanes of at least 4 members (excludes halogenated alkanes) is 1. The van der Waals surface area contributed by atoms with E-state index in [2.05, 4.69) is 31.3 Å². The summed E-state index contributed by atoms with van der Waals surface area (Å²) < 4.78 is 0. The smallest absolute Gasteiger partial charge is 0.00143 e. The zero-order chi connectivity index (χ0) is 7.66. The van der Waals surface area contributed by atoms with Crippen LogP contribution in [0.2, 0.25) is 0 Å². The van der Waals surface area contributed by atoms with Crippen LogP contribution in [0, 0.1) is 0 Å². The summed E-state index contributed by atoms with van der Waals surface area (Å²) in [6, 6.07) is 0. The summed E-state index contributed by atoms with van der Waals surface area (Å²) in [6.07, 6.45) is 8.05. The molecule has 0 spiro atoms. The average Bonchev–Trinajstić information content (AvgIpc) is 1.97. The van der Waals surface area contributed by atoms with Crippen LogP contribution in [-0.4, -0.2) is 13.1 Å². The van der Waals surface area contributed by atoms with Crippen LogP contribution in [0.3, 0.4) is 0 Å². The zero-order valence-electron chi connectivity index (χ0n) is 7.19. The van der Waals surface area contributed by atoms with Crippen molar-refractivity contribution in [3.05, 3.63) is 12.2 Å². The van der Waals surface area contributed by atoms with E-state index >= 15 is 0 Å². The van der Waals surface area contributed by atoms with Crippen molar-refractivity contribution in [3.8, 4) is 0 Å². The van der Waals surface area contributed by atoms with Gasteiger partial charge in [0.1, 0.15) is 0 Å². The standard InChI is InChI=1S/C9H19N/c1-3-5-7-9-10-8-6-4-2/h3,5,10H,4,6-9H2,1-2H3. The van der Waals surface area contributed by atoms with Crippen LogP contribution in [0.1, 0.15) is 33.1 Å². The second-order valence-electron chi connectivity index (χ2n) is 2.46. The molecule has 0 saturated carbocycles. The largest absolute Gasteiger partial charge is 0.316 e. The molecular formula is C9H19N. The van der Waals surface area contributed by atoms with Crippen molar-refractivity contribution in [3.63, 3.8) is 0 Å². The Labute approximate surface area is 64.5 Å². The van der Waals surface area contributed by atoms with Gasteiger partial charge in [0.2, 0.25) is 0 Å². The minimum Gasteiger partial charge on any atom is -0.316 e. The van der Waals surface area contributed by atoms with Gasteiger partial charge < -0.3 is 5.32 Å². The molecule has 0 saturated heterocycles. The molecule has 0 aromatic heterocycles. The van der Waals surface area contributed by atoms with Gasteiger partial charge in [-0.15, -0.1) is 0 Å². The van der Waals surface area contributed by atoms with E-state index in [1.54, 1.807) is 0 Å². The van der Waals surface area contributed by atoms with Gasteiger partial charge in [-0.1, -0.05) is 25.5 Å². The predicted molar refractivity (Wildman–Crippen MR) is 47.2 cm³/mol. The lowest BCUT2D eigenvalue weighted by Gasteiger charge is -1.99. The summed E-state index contributed by atoms with van der Waals surface area (Å²) in [7, 11) is 0. The molecule has 0 unspecified atom stereocenters. The Morgan fingerprint density at radius 1 is 1.30 bits per heavy atom. The Hall–Kier alpha value is -0.300. The first-order chi connectivity index (χ1) is 4.91. The number of nitrogens with one attached hydrogen (secondary N) is 1. The molecule has 0 atom stereocenters. The van der Waals surface area contributed by atoms with Gasteiger partial charge in [-0.25, -0.2) is 0 Å². The Morgan fingerprint density at radius 2 is 2.10 bits per heavy atom. The fourth-order valence-electron chi connectivity index (χ4n) is 0.779. The maximum absolute atomic E-state index is 3.37. The minimum atomic E-state index is 1.13. The molecule has 0 rings (SSSR count). The van der Waals surface area contributed by atoms with Crippen molar-refractivity contribution in [2.45, 2.75) is 33.1 Å². The Balaban J connectivity index is 2.77. The molecule has 0 aliphatic carbocycles. The maximum atomic E-state index is 3.37. The quantitative estimate of drug-likeness (QED) is 0.442. The average molecular weight is 141 g/mol. The number of hydrogen-bond acceptors (Lipinski definition) is 1. The van der Waals surface area contributed by atoms with Crippen molar-refractivity contribution in [1.29, 1.82) is 0 Å². The van der Waals surface area contributed by atoms with Gasteiger partial charge in [-0.05, 0) is 32.9 Å². The SMILES string of the molecule is CC=CCCNCCCC. The van der Waals surface area contributed by atoms with Gasteiger partial charge >= 0.3 is 0 Å². The molecule has 0 aromatic carbocycles. The third kappa shape index (κ3) is 7.70. The van der Waals surface area contributed by atoms with Gasteiger partial charge in [0, 0.05) is 0 Å². The van der Waals surface area contributed by atoms with E-state index in [1.165, 1.54) is 25.8 Å². The van der Waals surface area contributed by atoms with Gasteiger partial charge in [0.25, 0.3) is 0 Å². The Kier molecular flexibility index (Phi) is 8.44. The highest BCUT2D eigenvalue weighted by Gasteiger charge is 1.82. The summed E-state index contributed by atoms with van der Waals surface area (Å²) in [5, 5.41) is 3.37. The van der Waals surface area contributed by atoms with Crippen molar-refractivity contribution in [2.24, 2.45) is 0 Å². The first kappa shape index (κ1) is 9.70. The summed E-state index contributed by atoms with van der Waals surface area (Å²) in [4.78, 5) is 0. The maximum Gasteiger partial charge on any atom is -0.00143 e. The molecule has 0 aliphatic heterocycles. The molecule has 0 bridgehead atoms. The second kappa shape index (κ2) is 8.70. The van der Waals surface area contributed by atoms with E-state index in [-0.39, 0.29) is 0 Å². The number of hydrogen-bond donors (Lipinski definition) is 1. The van der Waals surface area contributed by atoms with E-state index < -0.39 is 0 Å². The summed E-state index contributed by atoms with van der Waals surface area (Å²) >= 11 is 0. The van der Waals surface area contributed by atoms with Crippen LogP contribution < -0.4 is 5.32 Å². The highest BCUT2D eigenvalue weighted by molar-refractivity contribution is 4.77. The lowest BCUT2D eigenvalue weighted by molar-refractivity contribution is 0.645. The van der Waals surface area contributed by atoms with Crippen LogP contribution in [0.4, 0.5) is 0 Å². The summed E-state index contributed by atoms with van der Waals surface area (Å²) in [5.74, 6) is 0. The number of allylic oxidation sites excluding steroid dienone is 1. The molecule has 0 heterocycles. The molecule has 1 nitrogen and oxygen atoms in total. The molecule has 10 heavy (non-hydrogen) atoms. The third-order valence-corrected chi connectivity index (χ3v) is 1.43. The zero-order valence-corrected chi connectivity index (χ0v) is 7.19. The fourth-order valence-corrected chi connectivity index (χ4v) is 0.779. The molecule has 0 radical (unpaired) electrons. The first-order valence-corrected chi connectivity index (χ1v) is 4.23. The van der Waals surface area contributed by atoms with Crippen molar-refractivity contribution in [2.75, 3.05) is 13.1 Å². The van der Waals surface area contributed by atoms with Gasteiger partial charge in [-0.2, -0.15) is 0 Å². The number of rotatable bonds is 6. The molecule has 1 heteroatoms. The van der Waals surface area contributed by atoms with E-state index in [4.69, 9.17) is 0 Å². The normalized spacial score (nSPS) is 11.0. The molecule has 0 aromatic rings. The fraction of sp³-hybridized carbons (Fsp3) is 0.778. The van der Waals surface area contributed by atoms with E-state index in [1.807, 2.05) is 0 Å². The van der Waals surface area contributed by atoms with E-state index in [0.29, 0.717) is 0 Å². The predicted octanol–water partition coefficient (Wildman–Crippen LogP) is 2.34. The lowest BCUT2D eigenvalue weighted by atomic mass is 10.3. The summed E-state index contributed by atoms with van der Waals surface area (Å²) in [5.41, 5.74) is 0. The monoisotopic (exact) mass is 141 g/mol. The lowest BCUT2D eigenvalue weighted by Crippen LogP contribution is -2.15. The molecule has 0 fully saturated rings. The molecular weight excluding hydrogens is 122 g/mol. The van der Waals surface area contributed by atoms with Gasteiger partial charge in [0.05, 0.1) is 0 Å². The highest BCUT2D eigenvalue weighted by atomic mass is 14.8. The highest BCUT2D eigenvalue weighted by Crippen LogP contribution is 1.83. The van der Waals surface area contributed by atoms with Crippen molar-refractivity contribution >= 4 is 0 Å². The molecule has 0 amide bonds. The van der Waals surface area contributed by atoms with Crippen LogP contribution in [-0.2, 0) is 0 Å². The second-order valence-corrected chi connectivity index (χ2v) is 2.46. The first-order valence-electron chi connectivity index (χ1n) is 4.23. The van der Waals surface area contributed by atoms with Crippen LogP contribution in [0.15, 0.2) is 12.2 Å². The summed E-state index contributed by atoms with van der Waals surface area (Å²) in [6.45, 7) is 6.58. The topological polar surface area (TPSA) is 12.0 Å². The molecule has 1 N–H and O–H groups in total.